The van der Waals surface area contributed by atoms with Crippen molar-refractivity contribution in [2.45, 2.75) is 26.0 Å². The van der Waals surface area contributed by atoms with E-state index in [0.717, 1.165) is 17.1 Å². The molecule has 7 nitrogen and oxygen atoms in total. The van der Waals surface area contributed by atoms with E-state index in [2.05, 4.69) is 20.3 Å². The molecule has 3 aromatic rings. The highest BCUT2D eigenvalue weighted by atomic mass is 16.3. The highest BCUT2D eigenvalue weighted by Gasteiger charge is 2.10. The second-order valence-corrected chi connectivity index (χ2v) is 4.74. The van der Waals surface area contributed by atoms with Gasteiger partial charge in [-0.2, -0.15) is 5.10 Å². The van der Waals surface area contributed by atoms with Gasteiger partial charge < -0.3 is 5.11 Å². The SMILES string of the molecule is CCC(O)Cn1ncnc1-c1ccc(-n2cnnc2)cc1. The second kappa shape index (κ2) is 5.84. The Morgan fingerprint density at radius 1 is 1.14 bits per heavy atom. The van der Waals surface area contributed by atoms with E-state index in [1.807, 2.05) is 35.8 Å². The van der Waals surface area contributed by atoms with Crippen LogP contribution in [0.15, 0.2) is 43.2 Å². The summed E-state index contributed by atoms with van der Waals surface area (Å²) in [7, 11) is 0. The summed E-state index contributed by atoms with van der Waals surface area (Å²) in [6.07, 6.45) is 5.07. The van der Waals surface area contributed by atoms with Crippen molar-refractivity contribution in [1.29, 1.82) is 0 Å². The van der Waals surface area contributed by atoms with E-state index in [1.54, 1.807) is 17.3 Å². The summed E-state index contributed by atoms with van der Waals surface area (Å²) >= 11 is 0. The van der Waals surface area contributed by atoms with Gasteiger partial charge in [-0.1, -0.05) is 6.92 Å². The molecule has 0 aliphatic heterocycles. The van der Waals surface area contributed by atoms with Crippen LogP contribution in [0, 0.1) is 0 Å². The molecule has 2 heterocycles. The third-order valence-corrected chi connectivity index (χ3v) is 3.31. The van der Waals surface area contributed by atoms with E-state index >= 15 is 0 Å². The van der Waals surface area contributed by atoms with Crippen LogP contribution in [-0.4, -0.2) is 40.7 Å². The number of benzene rings is 1. The molecule has 108 valence electrons. The molecule has 0 aliphatic carbocycles. The van der Waals surface area contributed by atoms with Gasteiger partial charge in [-0.05, 0) is 30.7 Å². The molecule has 1 atom stereocenters. The molecule has 1 unspecified atom stereocenters. The summed E-state index contributed by atoms with van der Waals surface area (Å²) < 4.78 is 3.55. The summed E-state index contributed by atoms with van der Waals surface area (Å²) in [6.45, 7) is 2.38. The smallest absolute Gasteiger partial charge is 0.158 e. The third-order valence-electron chi connectivity index (χ3n) is 3.31. The van der Waals surface area contributed by atoms with Crippen molar-refractivity contribution in [2.24, 2.45) is 0 Å². The summed E-state index contributed by atoms with van der Waals surface area (Å²) in [4.78, 5) is 4.28. The van der Waals surface area contributed by atoms with Gasteiger partial charge in [-0.25, -0.2) is 9.67 Å². The van der Waals surface area contributed by atoms with Gasteiger partial charge in [0, 0.05) is 11.3 Å². The Morgan fingerprint density at radius 3 is 2.52 bits per heavy atom. The highest BCUT2D eigenvalue weighted by Crippen LogP contribution is 2.19. The maximum absolute atomic E-state index is 9.76. The predicted octanol–water partition coefficient (Wildman–Crippen LogP) is 1.30. The van der Waals surface area contributed by atoms with Crippen molar-refractivity contribution in [3.8, 4) is 17.1 Å². The number of rotatable bonds is 5. The van der Waals surface area contributed by atoms with Crippen molar-refractivity contribution >= 4 is 0 Å². The fourth-order valence-electron chi connectivity index (χ4n) is 2.07. The highest BCUT2D eigenvalue weighted by molar-refractivity contribution is 5.57. The van der Waals surface area contributed by atoms with Crippen molar-refractivity contribution < 1.29 is 5.11 Å². The molecule has 2 aromatic heterocycles. The van der Waals surface area contributed by atoms with E-state index < -0.39 is 6.10 Å². The molecule has 21 heavy (non-hydrogen) atoms. The average Bonchev–Trinajstić information content (AvgIpc) is 3.19. The van der Waals surface area contributed by atoms with Crippen LogP contribution >= 0.6 is 0 Å². The van der Waals surface area contributed by atoms with Gasteiger partial charge in [0.25, 0.3) is 0 Å². The lowest BCUT2D eigenvalue weighted by Crippen LogP contribution is -2.16. The first kappa shape index (κ1) is 13.4. The zero-order valence-corrected chi connectivity index (χ0v) is 11.7. The molecule has 0 amide bonds. The lowest BCUT2D eigenvalue weighted by Gasteiger charge is -2.10. The molecule has 0 radical (unpaired) electrons. The van der Waals surface area contributed by atoms with Gasteiger partial charge in [0.15, 0.2) is 5.82 Å². The normalized spacial score (nSPS) is 12.5. The fraction of sp³-hybridized carbons (Fsp3) is 0.286. The van der Waals surface area contributed by atoms with Gasteiger partial charge >= 0.3 is 0 Å². The van der Waals surface area contributed by atoms with Crippen molar-refractivity contribution in [3.05, 3.63) is 43.2 Å². The molecule has 7 heteroatoms. The molecule has 0 spiro atoms. The van der Waals surface area contributed by atoms with E-state index in [4.69, 9.17) is 0 Å². The van der Waals surface area contributed by atoms with E-state index in [9.17, 15) is 5.11 Å². The Bertz CT molecular complexity index is 689. The molecular weight excluding hydrogens is 268 g/mol. The molecule has 0 saturated heterocycles. The minimum Gasteiger partial charge on any atom is -0.391 e. The van der Waals surface area contributed by atoms with Crippen LogP contribution < -0.4 is 0 Å². The van der Waals surface area contributed by atoms with Gasteiger partial charge in [0.2, 0.25) is 0 Å². The van der Waals surface area contributed by atoms with E-state index in [-0.39, 0.29) is 0 Å². The average molecular weight is 284 g/mol. The van der Waals surface area contributed by atoms with E-state index in [0.29, 0.717) is 13.0 Å². The quantitative estimate of drug-likeness (QED) is 0.763. The maximum atomic E-state index is 9.76. The standard InChI is InChI=1S/C14H16N6O/c1-2-13(21)7-20-14(15-8-18-20)11-3-5-12(6-4-11)19-9-16-17-10-19/h3-6,8-10,13,21H,2,7H2,1H3. The predicted molar refractivity (Wildman–Crippen MR) is 76.7 cm³/mol. The fourth-order valence-corrected chi connectivity index (χ4v) is 2.07. The molecule has 1 N–H and O–H groups in total. The topological polar surface area (TPSA) is 81.6 Å². The summed E-state index contributed by atoms with van der Waals surface area (Å²) in [5.74, 6) is 0.748. The first-order chi connectivity index (χ1) is 10.3. The third kappa shape index (κ3) is 2.82. The summed E-state index contributed by atoms with van der Waals surface area (Å²) in [5.41, 5.74) is 1.93. The Hall–Kier alpha value is -2.54. The van der Waals surface area contributed by atoms with Crippen LogP contribution in [0.2, 0.25) is 0 Å². The van der Waals surface area contributed by atoms with Gasteiger partial charge in [0.05, 0.1) is 12.6 Å². The molecule has 1 aromatic carbocycles. The van der Waals surface area contributed by atoms with Crippen LogP contribution in [0.5, 0.6) is 0 Å². The molecule has 3 rings (SSSR count). The number of hydrogen-bond donors (Lipinski definition) is 1. The molecule has 0 saturated carbocycles. The van der Waals surface area contributed by atoms with E-state index in [1.165, 1.54) is 6.33 Å². The molecule has 0 bridgehead atoms. The van der Waals surface area contributed by atoms with Crippen LogP contribution in [0.4, 0.5) is 0 Å². The largest absolute Gasteiger partial charge is 0.391 e. The zero-order valence-electron chi connectivity index (χ0n) is 11.7. The summed E-state index contributed by atoms with van der Waals surface area (Å²) in [6, 6.07) is 7.87. The monoisotopic (exact) mass is 284 g/mol. The number of aliphatic hydroxyl groups excluding tert-OH is 1. The van der Waals surface area contributed by atoms with Gasteiger partial charge in [-0.3, -0.25) is 4.57 Å². The van der Waals surface area contributed by atoms with Crippen LogP contribution in [0.3, 0.4) is 0 Å². The van der Waals surface area contributed by atoms with Gasteiger partial charge in [-0.15, -0.1) is 10.2 Å². The lowest BCUT2D eigenvalue weighted by atomic mass is 10.2. The zero-order chi connectivity index (χ0) is 14.7. The Balaban J connectivity index is 1.86. The van der Waals surface area contributed by atoms with Crippen molar-refractivity contribution in [3.63, 3.8) is 0 Å². The van der Waals surface area contributed by atoms with Crippen molar-refractivity contribution in [2.75, 3.05) is 0 Å². The maximum Gasteiger partial charge on any atom is 0.158 e. The number of aliphatic hydroxyl groups is 1. The Labute approximate surface area is 121 Å². The first-order valence-corrected chi connectivity index (χ1v) is 6.79. The molecule has 0 fully saturated rings. The van der Waals surface area contributed by atoms with Gasteiger partial charge in [0.1, 0.15) is 19.0 Å². The number of aromatic nitrogens is 6. The Kier molecular flexibility index (Phi) is 3.74. The number of nitrogens with zero attached hydrogens (tertiary/aromatic N) is 6. The van der Waals surface area contributed by atoms with Crippen LogP contribution in [0.1, 0.15) is 13.3 Å². The number of hydrogen-bond acceptors (Lipinski definition) is 5. The molecular formula is C14H16N6O. The first-order valence-electron chi connectivity index (χ1n) is 6.79. The summed E-state index contributed by atoms with van der Waals surface area (Å²) in [5, 5.41) is 21.5. The second-order valence-electron chi connectivity index (χ2n) is 4.74. The van der Waals surface area contributed by atoms with Crippen molar-refractivity contribution in [1.82, 2.24) is 29.5 Å². The van der Waals surface area contributed by atoms with Crippen LogP contribution in [-0.2, 0) is 6.54 Å². The minimum absolute atomic E-state index is 0.415. The Morgan fingerprint density at radius 2 is 1.86 bits per heavy atom. The lowest BCUT2D eigenvalue weighted by molar-refractivity contribution is 0.146. The van der Waals surface area contributed by atoms with Crippen LogP contribution in [0.25, 0.3) is 17.1 Å². The minimum atomic E-state index is -0.415. The molecule has 0 aliphatic rings.